The summed E-state index contributed by atoms with van der Waals surface area (Å²) in [6.07, 6.45) is 28.9. The van der Waals surface area contributed by atoms with E-state index in [0.717, 1.165) is 11.8 Å². The summed E-state index contributed by atoms with van der Waals surface area (Å²) in [6.45, 7) is 64.1. The molecule has 0 saturated heterocycles. The topological polar surface area (TPSA) is 0 Å². The number of hydrogen-bond acceptors (Lipinski definition) is 0. The number of hydrogen-bond donors (Lipinski definition) is 0. The van der Waals surface area contributed by atoms with Gasteiger partial charge in [-0.2, -0.15) is 138 Å². The Morgan fingerprint density at radius 3 is 0.500 bits per heavy atom. The molecule has 0 aliphatic heterocycles. The first kappa shape index (κ1) is 158. The van der Waals surface area contributed by atoms with Crippen LogP contribution in [-0.2, 0) is 109 Å². The third-order valence-electron chi connectivity index (χ3n) is 3.51. The van der Waals surface area contributed by atoms with Crippen LogP contribution >= 0.6 is 0 Å². The van der Waals surface area contributed by atoms with Gasteiger partial charge in [0.1, 0.15) is 0 Å². The molecule has 0 heterocycles. The molecule has 0 aromatic heterocycles. The molecular weight excluding hydrogens is 1260 g/mol. The fourth-order valence-corrected chi connectivity index (χ4v) is 0.933. The molecule has 0 fully saturated rings. The van der Waals surface area contributed by atoms with Crippen molar-refractivity contribution in [2.24, 2.45) is 11.8 Å². The molecule has 1 rings (SSSR count). The van der Waals surface area contributed by atoms with Crippen LogP contribution in [0, 0.1) is 113 Å². The third kappa shape index (κ3) is 832. The molecule has 0 unspecified atom stereocenters. The Labute approximate surface area is 506 Å². The number of rotatable bonds is 5. The van der Waals surface area contributed by atoms with Crippen molar-refractivity contribution in [1.29, 1.82) is 0 Å². The summed E-state index contributed by atoms with van der Waals surface area (Å²) in [5, 5.41) is 0. The van der Waals surface area contributed by atoms with Gasteiger partial charge < -0.3 is 101 Å². The summed E-state index contributed by atoms with van der Waals surface area (Å²) in [7, 11) is 0. The van der Waals surface area contributed by atoms with E-state index in [0.29, 0.717) is 0 Å². The molecule has 66 heavy (non-hydrogen) atoms. The summed E-state index contributed by atoms with van der Waals surface area (Å²) < 4.78 is 0. The van der Waals surface area contributed by atoms with Crippen molar-refractivity contribution in [3.8, 4) is 0 Å². The van der Waals surface area contributed by atoms with Crippen LogP contribution in [-0.4, -0.2) is 0 Å². The largest absolute Gasteiger partial charge is 0.358 e. The van der Waals surface area contributed by atoms with Gasteiger partial charge in [-0.15, -0.1) is 0 Å². The Morgan fingerprint density at radius 1 is 0.303 bits per heavy atom. The first-order chi connectivity index (χ1) is 26.4. The van der Waals surface area contributed by atoms with Gasteiger partial charge in [-0.1, -0.05) is 145 Å². The van der Waals surface area contributed by atoms with E-state index in [4.69, 9.17) is 0 Å². The van der Waals surface area contributed by atoms with E-state index in [1.165, 1.54) is 50.5 Å². The maximum Gasteiger partial charge on any atom is 0 e. The molecule has 0 aliphatic carbocycles. The Bertz CT molecular complexity index is 394. The molecule has 1 aromatic carbocycles. The van der Waals surface area contributed by atoms with Crippen LogP contribution < -0.4 is 0 Å². The van der Waals surface area contributed by atoms with E-state index in [9.17, 15) is 0 Å². The second kappa shape index (κ2) is 266. The normalized spacial score (nSPS) is 6.20. The van der Waals surface area contributed by atoms with Crippen LogP contribution in [0.15, 0.2) is 30.3 Å². The third-order valence-corrected chi connectivity index (χ3v) is 3.51. The van der Waals surface area contributed by atoms with Crippen molar-refractivity contribution in [3.05, 3.63) is 137 Å². The molecule has 0 amide bonds. The van der Waals surface area contributed by atoms with Crippen molar-refractivity contribution in [1.82, 2.24) is 0 Å². The van der Waals surface area contributed by atoms with E-state index in [-0.39, 0.29) is 139 Å². The molecule has 0 atom stereocenters. The minimum Gasteiger partial charge on any atom is -0.358 e. The minimum absolute atomic E-state index is 0. The second-order valence-electron chi connectivity index (χ2n) is 13.3. The molecule has 0 saturated carbocycles. The van der Waals surface area contributed by atoms with Gasteiger partial charge in [0.05, 0.1) is 0 Å². The summed E-state index contributed by atoms with van der Waals surface area (Å²) >= 11 is 0. The van der Waals surface area contributed by atoms with Gasteiger partial charge in [0.2, 0.25) is 0 Å². The Morgan fingerprint density at radius 2 is 0.424 bits per heavy atom. The summed E-state index contributed by atoms with van der Waals surface area (Å²) in [5.41, 5.74) is 1.44. The molecule has 0 radical (unpaired) electrons. The van der Waals surface area contributed by atoms with Gasteiger partial charge >= 0.3 is 0 Å². The van der Waals surface area contributed by atoms with E-state index >= 15 is 0 Å². The fraction of sp³-hybridized carbons (Fsp3) is 0.656. The van der Waals surface area contributed by atoms with Crippen LogP contribution in [0.4, 0.5) is 0 Å². The summed E-state index contributed by atoms with van der Waals surface area (Å²) in [4.78, 5) is 0. The Hall–Kier alpha value is 2.53. The molecule has 1 aromatic rings. The van der Waals surface area contributed by atoms with Crippen LogP contribution in [0.5, 0.6) is 0 Å². The molecule has 0 N–H and O–H groups in total. The molecule has 0 nitrogen and oxygen atoms in total. The van der Waals surface area contributed by atoms with Crippen molar-refractivity contribution < 1.29 is 102 Å². The van der Waals surface area contributed by atoms with Crippen molar-refractivity contribution in [2.75, 3.05) is 0 Å². The molecule has 5 heteroatoms. The number of benzene rings is 1. The van der Waals surface area contributed by atoms with Gasteiger partial charge in [0, 0.05) is 102 Å². The predicted octanol–water partition coefficient (Wildman–Crippen LogP) is 24.5. The van der Waals surface area contributed by atoms with Gasteiger partial charge in [-0.25, -0.2) is 0 Å². The SMILES string of the molecule is CCC.CCC(C)C.CCC(C)C.CCCC.CCCc1ccccc1.C[CH-]C.C[CH-]C.C[CH-]C.C[CH-]C.C[CH-]C.C[CH-]C.C[CH-]C.C[CH-]C.C[CH-]C.C[CH-]C.[CH3-].[CH3-].[CH3-].[CH3-].[CH3-].[Pd].[Pd].[Pd].[Pd].[Pd]. The van der Waals surface area contributed by atoms with Gasteiger partial charge in [-0.05, 0) is 23.8 Å². The zero-order valence-corrected chi connectivity index (χ0v) is 60.6. The molecule has 0 aliphatic rings. The van der Waals surface area contributed by atoms with E-state index in [1.807, 2.05) is 203 Å². The van der Waals surface area contributed by atoms with Crippen molar-refractivity contribution in [2.45, 2.75) is 260 Å². The standard InChI is InChI=1S/C9H12.2C5H12.C4H10.C3H8.10C3H7.5CH3.5Pd/c1-2-6-9-7-4-3-5-8-9;2*1-4-5(2)3;1-3-4-2;11*1-3-2;;;;;;;;;;/h3-5,7-8H,2,6H2,1H3;2*5H,4H2,1-3H3;3-4H2,1-2H3;3H2,1-2H3;10*3H,1-2H3;5*1H3;;;;;/q;;;;;15*-1;;;;;. The van der Waals surface area contributed by atoms with Crippen LogP contribution in [0.3, 0.4) is 0 Å². The first-order valence-corrected chi connectivity index (χ1v) is 22.9. The minimum atomic E-state index is 0. The van der Waals surface area contributed by atoms with Gasteiger partial charge in [0.25, 0.3) is 0 Å². The van der Waals surface area contributed by atoms with Crippen molar-refractivity contribution in [3.63, 3.8) is 0 Å². The number of aryl methyl sites for hydroxylation is 1. The summed E-state index contributed by atoms with van der Waals surface area (Å²) in [5.74, 6) is 1.77. The quantitative estimate of drug-likeness (QED) is 0.204. The van der Waals surface area contributed by atoms with Crippen LogP contribution in [0.1, 0.15) is 259 Å². The summed E-state index contributed by atoms with van der Waals surface area (Å²) in [6, 6.07) is 10.6. The van der Waals surface area contributed by atoms with E-state index in [1.54, 1.807) is 0 Å². The van der Waals surface area contributed by atoms with Gasteiger partial charge in [-0.3, -0.25) is 0 Å². The Kier molecular flexibility index (Phi) is 635. The van der Waals surface area contributed by atoms with Crippen LogP contribution in [0.25, 0.3) is 0 Å². The monoisotopic (exact) mass is 1400 g/mol. The maximum absolute atomic E-state index is 2.22. The molecule has 0 bridgehead atoms. The van der Waals surface area contributed by atoms with Crippen molar-refractivity contribution >= 4 is 0 Å². The molecule has 448 valence electrons. The van der Waals surface area contributed by atoms with Crippen LogP contribution in [0.2, 0.25) is 0 Å². The average molecular weight is 1400 g/mol. The predicted molar refractivity (Wildman–Crippen MR) is 316 cm³/mol. The molecule has 0 spiro atoms. The molecular formula is C61H139Pd5-15. The zero-order valence-electron chi connectivity index (χ0n) is 52.8. The first-order valence-electron chi connectivity index (χ1n) is 22.9. The number of unbranched alkanes of at least 4 members (excludes halogenated alkanes) is 1. The van der Waals surface area contributed by atoms with E-state index in [2.05, 4.69) is 106 Å². The fourth-order valence-electron chi connectivity index (χ4n) is 0.933. The zero-order chi connectivity index (χ0) is 48.3. The smallest absolute Gasteiger partial charge is 0 e. The van der Waals surface area contributed by atoms with Gasteiger partial charge in [0.15, 0.2) is 0 Å². The Balaban J connectivity index is -0.0000000131. The maximum atomic E-state index is 2.22. The van der Waals surface area contributed by atoms with E-state index < -0.39 is 0 Å². The second-order valence-corrected chi connectivity index (χ2v) is 13.3. The average Bonchev–Trinajstić information content (AvgIpc) is 3.13.